The molecule has 7 heteroatoms. The van der Waals surface area contributed by atoms with Gasteiger partial charge in [-0.3, -0.25) is 0 Å². The molecule has 0 spiro atoms. The topological polar surface area (TPSA) is 83.0 Å². The maximum absolute atomic E-state index is 11.5. The van der Waals surface area contributed by atoms with E-state index >= 15 is 0 Å². The second-order valence-corrected chi connectivity index (χ2v) is 7.26. The zero-order valence-electron chi connectivity index (χ0n) is 16.0. The van der Waals surface area contributed by atoms with Gasteiger partial charge in [-0.05, 0) is 49.4 Å². The lowest BCUT2D eigenvalue weighted by molar-refractivity contribution is 0.0600. The predicted octanol–water partition coefficient (Wildman–Crippen LogP) is 2.54. The molecule has 0 aliphatic rings. The first kappa shape index (κ1) is 20.9. The normalized spacial score (nSPS) is 13.7. The molecule has 0 aliphatic carbocycles. The van der Waals surface area contributed by atoms with Crippen LogP contribution in [0.15, 0.2) is 46.8 Å². The number of thiophene rings is 1. The van der Waals surface area contributed by atoms with Gasteiger partial charge in [0.05, 0.1) is 19.2 Å². The number of benzene rings is 1. The minimum atomic E-state index is -0.986. The number of hydrogen-bond acceptors (Lipinski definition) is 5. The Kier molecular flexibility index (Phi) is 7.82. The molecule has 0 radical (unpaired) electrons. The molecule has 0 saturated carbocycles. The lowest BCUT2D eigenvalue weighted by Gasteiger charge is -2.20. The molecule has 2 rings (SSSR count). The Hall–Kier alpha value is -2.38. The summed E-state index contributed by atoms with van der Waals surface area (Å²) < 4.78 is 4.70. The number of esters is 1. The van der Waals surface area contributed by atoms with E-state index in [1.165, 1.54) is 18.4 Å². The van der Waals surface area contributed by atoms with Gasteiger partial charge in [-0.2, -0.15) is 0 Å². The van der Waals surface area contributed by atoms with Crippen molar-refractivity contribution >= 4 is 23.3 Å². The first-order chi connectivity index (χ1) is 13.0. The molecule has 0 saturated heterocycles. The van der Waals surface area contributed by atoms with Gasteiger partial charge in [-0.25, -0.2) is 9.79 Å². The van der Waals surface area contributed by atoms with E-state index in [1.54, 1.807) is 19.1 Å². The van der Waals surface area contributed by atoms with Crippen molar-refractivity contribution in [2.45, 2.75) is 25.9 Å². The molecule has 1 heterocycles. The van der Waals surface area contributed by atoms with Gasteiger partial charge in [0, 0.05) is 18.0 Å². The van der Waals surface area contributed by atoms with E-state index in [-0.39, 0.29) is 12.5 Å². The monoisotopic (exact) mass is 389 g/mol. The van der Waals surface area contributed by atoms with E-state index in [0.29, 0.717) is 18.1 Å². The van der Waals surface area contributed by atoms with Gasteiger partial charge in [0.1, 0.15) is 5.60 Å². The number of carbonyl (C=O) groups excluding carboxylic acids is 1. The molecule has 146 valence electrons. The molecule has 0 aliphatic heterocycles. The van der Waals surface area contributed by atoms with E-state index in [4.69, 9.17) is 4.74 Å². The van der Waals surface area contributed by atoms with Crippen LogP contribution in [0.5, 0.6) is 0 Å². The Labute approximate surface area is 164 Å². The van der Waals surface area contributed by atoms with Gasteiger partial charge in [0.2, 0.25) is 0 Å². The lowest BCUT2D eigenvalue weighted by atomic mass is 10.1. The Bertz CT molecular complexity index is 740. The van der Waals surface area contributed by atoms with Crippen molar-refractivity contribution in [3.05, 3.63) is 57.8 Å². The Morgan fingerprint density at radius 2 is 2.00 bits per heavy atom. The molecule has 0 bridgehead atoms. The Morgan fingerprint density at radius 3 is 2.59 bits per heavy atom. The summed E-state index contributed by atoms with van der Waals surface area (Å²) in [5, 5.41) is 19.0. The van der Waals surface area contributed by atoms with Crippen LogP contribution in [0, 0.1) is 0 Å². The molecule has 2 aromatic rings. The van der Waals surface area contributed by atoms with Crippen molar-refractivity contribution in [3.63, 3.8) is 0 Å². The molecule has 0 fully saturated rings. The Balaban J connectivity index is 1.89. The minimum Gasteiger partial charge on any atom is -0.465 e. The molecule has 1 atom stereocenters. The van der Waals surface area contributed by atoms with Crippen molar-refractivity contribution in [1.82, 2.24) is 10.6 Å². The van der Waals surface area contributed by atoms with E-state index in [2.05, 4.69) is 15.6 Å². The summed E-state index contributed by atoms with van der Waals surface area (Å²) in [6.07, 6.45) is 0.785. The second kappa shape index (κ2) is 10.1. The highest BCUT2D eigenvalue weighted by Crippen LogP contribution is 2.25. The van der Waals surface area contributed by atoms with Crippen LogP contribution < -0.4 is 10.6 Å². The van der Waals surface area contributed by atoms with Gasteiger partial charge >= 0.3 is 5.97 Å². The highest BCUT2D eigenvalue weighted by Gasteiger charge is 2.23. The standard InChI is InChI=1S/C20H27N3O3S/c1-4-21-19(23-14-20(2,25)17-6-5-13-27-17)22-12-11-15-7-9-16(10-8-15)18(24)26-3/h5-10,13,25H,4,11-12,14H2,1-3H3,(H2,21,22,23). The number of carbonyl (C=O) groups is 1. The molecule has 3 N–H and O–H groups in total. The summed E-state index contributed by atoms with van der Waals surface area (Å²) in [5.74, 6) is 0.333. The fourth-order valence-electron chi connectivity index (χ4n) is 2.49. The highest BCUT2D eigenvalue weighted by molar-refractivity contribution is 7.10. The summed E-state index contributed by atoms with van der Waals surface area (Å²) in [5.41, 5.74) is 0.664. The van der Waals surface area contributed by atoms with Gasteiger partial charge in [-0.1, -0.05) is 18.2 Å². The van der Waals surface area contributed by atoms with Crippen LogP contribution >= 0.6 is 11.3 Å². The maximum Gasteiger partial charge on any atom is 0.337 e. The van der Waals surface area contributed by atoms with Gasteiger partial charge in [0.25, 0.3) is 0 Å². The van der Waals surface area contributed by atoms with Gasteiger partial charge < -0.3 is 20.5 Å². The van der Waals surface area contributed by atoms with Crippen LogP contribution in [0.1, 0.15) is 34.6 Å². The average molecular weight is 390 g/mol. The summed E-state index contributed by atoms with van der Waals surface area (Å²) in [6.45, 7) is 5.47. The lowest BCUT2D eigenvalue weighted by Crippen LogP contribution is -2.39. The zero-order chi connectivity index (χ0) is 19.7. The second-order valence-electron chi connectivity index (χ2n) is 6.31. The number of aliphatic imine (C=N–C) groups is 1. The number of hydrogen-bond donors (Lipinski definition) is 3. The number of ether oxygens (including phenoxy) is 1. The van der Waals surface area contributed by atoms with Crippen LogP contribution in [0.3, 0.4) is 0 Å². The van der Waals surface area contributed by atoms with Crippen LogP contribution in [-0.4, -0.2) is 43.8 Å². The summed E-state index contributed by atoms with van der Waals surface area (Å²) in [7, 11) is 1.37. The Morgan fingerprint density at radius 1 is 1.26 bits per heavy atom. The van der Waals surface area contributed by atoms with Crippen LogP contribution in [0.2, 0.25) is 0 Å². The number of rotatable bonds is 8. The average Bonchev–Trinajstić information content (AvgIpc) is 3.22. The highest BCUT2D eigenvalue weighted by atomic mass is 32.1. The fourth-order valence-corrected chi connectivity index (χ4v) is 3.27. The van der Waals surface area contributed by atoms with Crippen LogP contribution in [0.25, 0.3) is 0 Å². The van der Waals surface area contributed by atoms with Gasteiger partial charge in [-0.15, -0.1) is 11.3 Å². The molecule has 0 amide bonds. The maximum atomic E-state index is 11.5. The third kappa shape index (κ3) is 6.37. The number of aliphatic hydroxyl groups is 1. The molecular weight excluding hydrogens is 362 g/mol. The number of nitrogens with one attached hydrogen (secondary N) is 2. The van der Waals surface area contributed by atoms with E-state index in [1.807, 2.05) is 36.6 Å². The van der Waals surface area contributed by atoms with Crippen LogP contribution in [0.4, 0.5) is 0 Å². The third-order valence-corrected chi connectivity index (χ3v) is 5.15. The molecule has 1 unspecified atom stereocenters. The quantitative estimate of drug-likeness (QED) is 0.367. The third-order valence-electron chi connectivity index (χ3n) is 4.02. The van der Waals surface area contributed by atoms with Crippen molar-refractivity contribution in [2.24, 2.45) is 4.99 Å². The molecule has 6 nitrogen and oxygen atoms in total. The first-order valence-corrected chi connectivity index (χ1v) is 9.80. The molecular formula is C20H27N3O3S. The smallest absolute Gasteiger partial charge is 0.337 e. The fraction of sp³-hybridized carbons (Fsp3) is 0.400. The number of guanidine groups is 1. The SMILES string of the molecule is CCNC(=NCC(C)(O)c1cccs1)NCCc1ccc(C(=O)OC)cc1. The number of methoxy groups -OCH3 is 1. The summed E-state index contributed by atoms with van der Waals surface area (Å²) >= 11 is 1.52. The minimum absolute atomic E-state index is 0.274. The first-order valence-electron chi connectivity index (χ1n) is 8.92. The van der Waals surface area contributed by atoms with Crippen molar-refractivity contribution in [1.29, 1.82) is 0 Å². The van der Waals surface area contributed by atoms with E-state index < -0.39 is 5.60 Å². The van der Waals surface area contributed by atoms with E-state index in [0.717, 1.165) is 23.4 Å². The van der Waals surface area contributed by atoms with Crippen LogP contribution in [-0.2, 0) is 16.8 Å². The van der Waals surface area contributed by atoms with Gasteiger partial charge in [0.15, 0.2) is 5.96 Å². The number of nitrogens with zero attached hydrogens (tertiary/aromatic N) is 1. The van der Waals surface area contributed by atoms with Crippen molar-refractivity contribution in [2.75, 3.05) is 26.7 Å². The molecule has 1 aromatic heterocycles. The molecule has 27 heavy (non-hydrogen) atoms. The van der Waals surface area contributed by atoms with Crippen molar-refractivity contribution in [3.8, 4) is 0 Å². The van der Waals surface area contributed by atoms with E-state index in [9.17, 15) is 9.90 Å². The summed E-state index contributed by atoms with van der Waals surface area (Å²) in [6, 6.07) is 11.2. The molecule has 1 aromatic carbocycles. The zero-order valence-corrected chi connectivity index (χ0v) is 16.8. The predicted molar refractivity (Wildman–Crippen MR) is 109 cm³/mol. The largest absolute Gasteiger partial charge is 0.465 e. The van der Waals surface area contributed by atoms with Crippen molar-refractivity contribution < 1.29 is 14.6 Å². The summed E-state index contributed by atoms with van der Waals surface area (Å²) in [4.78, 5) is 16.9.